The highest BCUT2D eigenvalue weighted by Crippen LogP contribution is 2.70. The van der Waals surface area contributed by atoms with Gasteiger partial charge in [-0.25, -0.2) is 0 Å². The topological polar surface area (TPSA) is 0 Å². The number of hydrogen-bond donors (Lipinski definition) is 3. The zero-order valence-electron chi connectivity index (χ0n) is 5.18. The minimum absolute atomic E-state index is 1.10. The maximum Gasteiger partial charge on any atom is 0.213 e. The maximum atomic E-state index is 4.28. The van der Waals surface area contributed by atoms with Gasteiger partial charge >= 0.3 is 0 Å². The van der Waals surface area contributed by atoms with Gasteiger partial charge in [0, 0.05) is 36.7 Å². The van der Waals surface area contributed by atoms with Gasteiger partial charge in [0.1, 0.15) is 5.30 Å². The molecule has 1 rings (SSSR count). The monoisotopic (exact) mass is 207 g/mol. The predicted octanol–water partition coefficient (Wildman–Crippen LogP) is 2.86. The summed E-state index contributed by atoms with van der Waals surface area (Å²) in [4.78, 5) is -1.68. The van der Waals surface area contributed by atoms with Crippen molar-refractivity contribution < 1.29 is 0 Å². The molecule has 10 heavy (non-hydrogen) atoms. The molecule has 0 aromatic heterocycles. The molecule has 0 spiro atoms. The van der Waals surface area contributed by atoms with E-state index in [0.717, 1.165) is 5.30 Å². The molecule has 0 fully saturated rings. The van der Waals surface area contributed by atoms with E-state index >= 15 is 0 Å². The summed E-state index contributed by atoms with van der Waals surface area (Å²) in [5.74, 6) is 0. The molecule has 0 aliphatic rings. The molecule has 0 amide bonds. The zero-order valence-corrected chi connectivity index (χ0v) is 8.75. The van der Waals surface area contributed by atoms with E-state index in [4.69, 9.17) is 0 Å². The largest absolute Gasteiger partial charge is 0.213 e. The van der Waals surface area contributed by atoms with Crippen molar-refractivity contribution in [3.8, 4) is 0 Å². The third kappa shape index (κ3) is 2.39. The molecule has 54 valence electrons. The van der Waals surface area contributed by atoms with Gasteiger partial charge in [0.2, 0.25) is 4.87 Å². The summed E-state index contributed by atoms with van der Waals surface area (Å²) in [6, 6.07) is 9.87. The highest BCUT2D eigenvalue weighted by molar-refractivity contribution is 9.11. The second kappa shape index (κ2) is 3.40. The van der Waals surface area contributed by atoms with Crippen molar-refractivity contribution in [2.45, 2.75) is 0 Å². The van der Waals surface area contributed by atoms with Crippen molar-refractivity contribution in [3.05, 3.63) is 30.3 Å². The molecule has 0 heterocycles. The molecule has 1 aromatic carbocycles. The van der Waals surface area contributed by atoms with E-state index in [1.807, 2.05) is 30.3 Å². The molecule has 1 aromatic rings. The summed E-state index contributed by atoms with van der Waals surface area (Å²) in [5.41, 5.74) is 0. The van der Waals surface area contributed by atoms with Gasteiger partial charge in [0.15, 0.2) is 0 Å². The van der Waals surface area contributed by atoms with Crippen molar-refractivity contribution in [1.82, 2.24) is 0 Å². The van der Waals surface area contributed by atoms with Gasteiger partial charge < -0.3 is 0 Å². The quantitative estimate of drug-likeness (QED) is 0.458. The van der Waals surface area contributed by atoms with Gasteiger partial charge in [0.25, 0.3) is 0 Å². The van der Waals surface area contributed by atoms with Crippen molar-refractivity contribution in [1.29, 1.82) is 0 Å². The van der Waals surface area contributed by atoms with Crippen LogP contribution in [0.5, 0.6) is 0 Å². The minimum atomic E-state index is -1.68. The first-order valence-electron chi connectivity index (χ1n) is 2.73. The first kappa shape index (κ1) is 8.79. The number of thiol groups is 3. The highest BCUT2D eigenvalue weighted by Gasteiger charge is 2.26. The van der Waals surface area contributed by atoms with Crippen LogP contribution >= 0.6 is 41.6 Å². The van der Waals surface area contributed by atoms with Crippen LogP contribution in [0.4, 0.5) is 0 Å². The van der Waals surface area contributed by atoms with Crippen LogP contribution in [0.25, 0.3) is 0 Å². The lowest BCUT2D eigenvalue weighted by molar-refractivity contribution is 1.78. The summed E-state index contributed by atoms with van der Waals surface area (Å²) in [6.07, 6.45) is 0. The van der Waals surface area contributed by atoms with Gasteiger partial charge in [-0.1, -0.05) is 18.2 Å². The Morgan fingerprint density at radius 2 is 1.40 bits per heavy atom. The predicted molar refractivity (Wildman–Crippen MR) is 60.0 cm³/mol. The van der Waals surface area contributed by atoms with Gasteiger partial charge in [-0.05, 0) is 12.1 Å². The Labute approximate surface area is 77.2 Å². The molecule has 0 bridgehead atoms. The maximum absolute atomic E-state index is 4.28. The second-order valence-electron chi connectivity index (χ2n) is 1.90. The molecule has 0 saturated heterocycles. The van der Waals surface area contributed by atoms with Crippen LogP contribution in [-0.4, -0.2) is 0 Å². The van der Waals surface area contributed by atoms with Gasteiger partial charge in [-0.2, -0.15) is 0 Å². The fourth-order valence-corrected chi connectivity index (χ4v) is 2.40. The zero-order chi connectivity index (χ0) is 7.61. The summed E-state index contributed by atoms with van der Waals surface area (Å²) in [7, 11) is 0. The molecular weight excluding hydrogens is 199 g/mol. The van der Waals surface area contributed by atoms with E-state index in [9.17, 15) is 0 Å². The number of hydrogen-bond acceptors (Lipinski definition) is 3. The molecule has 0 aliphatic carbocycles. The third-order valence-electron chi connectivity index (χ3n) is 1.10. The smallest absolute Gasteiger partial charge is 0.0620 e. The first-order chi connectivity index (χ1) is 4.61. The molecule has 0 radical (unpaired) electrons. The van der Waals surface area contributed by atoms with Crippen LogP contribution in [0.2, 0.25) is 0 Å². The summed E-state index contributed by atoms with van der Waals surface area (Å²) in [6.45, 7) is 0. The lowest BCUT2D eigenvalue weighted by Gasteiger charge is -2.03. The molecule has 0 aliphatic heterocycles. The fourth-order valence-electron chi connectivity index (χ4n) is 0.628. The van der Waals surface area contributed by atoms with Crippen molar-refractivity contribution >= 4 is 46.9 Å². The first-order valence-corrected chi connectivity index (χ1v) is 7.98. The van der Waals surface area contributed by atoms with Crippen molar-refractivity contribution in [2.75, 3.05) is 0 Å². The lowest BCUT2D eigenvalue weighted by Crippen LogP contribution is -1.95. The Hall–Kier alpha value is 0.700. The molecule has 0 unspecified atom stereocenters. The summed E-state index contributed by atoms with van der Waals surface area (Å²) in [5, 5.41) is 1.10. The number of benzene rings is 1. The standard InChI is InChI=1S/C6H8PS3/c8-7(9,10)6-4-2-1-3-5-6/h1-5,8-10H/q+1. The Morgan fingerprint density at radius 1 is 0.900 bits per heavy atom. The van der Waals surface area contributed by atoms with E-state index < -0.39 is 4.87 Å². The molecule has 4 heteroatoms. The van der Waals surface area contributed by atoms with Crippen LogP contribution in [0, 0.1) is 0 Å². The molecule has 0 atom stereocenters. The molecule has 0 nitrogen and oxygen atoms in total. The summed E-state index contributed by atoms with van der Waals surface area (Å²) >= 11 is 12.9. The van der Waals surface area contributed by atoms with E-state index in [2.05, 4.69) is 36.7 Å². The average Bonchev–Trinajstić information content (AvgIpc) is 1.88. The molecule has 0 N–H and O–H groups in total. The Morgan fingerprint density at radius 3 is 1.70 bits per heavy atom. The Balaban J connectivity index is 2.97. The molecule has 0 saturated carbocycles. The Kier molecular flexibility index (Phi) is 2.99. The fraction of sp³-hybridized carbons (Fsp3) is 0. The van der Waals surface area contributed by atoms with E-state index in [-0.39, 0.29) is 0 Å². The summed E-state index contributed by atoms with van der Waals surface area (Å²) < 4.78 is 0. The Bertz CT molecular complexity index is 204. The molecular formula is C6H8PS3+. The third-order valence-corrected chi connectivity index (χ3v) is 4.17. The van der Waals surface area contributed by atoms with Crippen LogP contribution in [0.15, 0.2) is 30.3 Å². The van der Waals surface area contributed by atoms with E-state index in [1.165, 1.54) is 0 Å². The van der Waals surface area contributed by atoms with Crippen molar-refractivity contribution in [3.63, 3.8) is 0 Å². The van der Waals surface area contributed by atoms with Crippen LogP contribution < -0.4 is 5.30 Å². The van der Waals surface area contributed by atoms with Crippen molar-refractivity contribution in [2.24, 2.45) is 0 Å². The van der Waals surface area contributed by atoms with Crippen LogP contribution in [0.3, 0.4) is 0 Å². The second-order valence-corrected chi connectivity index (χ2v) is 11.8. The van der Waals surface area contributed by atoms with Crippen LogP contribution in [-0.2, 0) is 0 Å². The van der Waals surface area contributed by atoms with Gasteiger partial charge in [-0.3, -0.25) is 0 Å². The van der Waals surface area contributed by atoms with Gasteiger partial charge in [0.05, 0.1) is 0 Å². The van der Waals surface area contributed by atoms with Gasteiger partial charge in [-0.15, -0.1) is 0 Å². The van der Waals surface area contributed by atoms with E-state index in [0.29, 0.717) is 0 Å². The lowest BCUT2D eigenvalue weighted by atomic mass is 10.4. The number of rotatable bonds is 1. The van der Waals surface area contributed by atoms with E-state index in [1.54, 1.807) is 0 Å². The SMILES string of the molecule is S[P+](S)(S)c1ccccc1. The van der Waals surface area contributed by atoms with Crippen LogP contribution in [0.1, 0.15) is 0 Å². The highest BCUT2D eigenvalue weighted by atomic mass is 33.4. The average molecular weight is 207 g/mol. The normalized spacial score (nSPS) is 11.5. The minimum Gasteiger partial charge on any atom is -0.0620 e.